The van der Waals surface area contributed by atoms with Crippen molar-refractivity contribution in [3.63, 3.8) is 0 Å². The van der Waals surface area contributed by atoms with Crippen molar-refractivity contribution in [1.82, 2.24) is 0 Å². The highest BCUT2D eigenvalue weighted by atomic mass is 35.5. The molecule has 0 spiro atoms. The van der Waals surface area contributed by atoms with Gasteiger partial charge in [-0.2, -0.15) is 0 Å². The summed E-state index contributed by atoms with van der Waals surface area (Å²) in [6, 6.07) is 24.0. The summed E-state index contributed by atoms with van der Waals surface area (Å²) in [5.41, 5.74) is 3.05. The first kappa shape index (κ1) is 15.2. The topological polar surface area (TPSA) is 29.4 Å². The number of carbonyl (C=O) groups excluding carboxylic acids is 1. The lowest BCUT2D eigenvalue weighted by atomic mass is 10.0. The van der Waals surface area contributed by atoms with Crippen LogP contribution >= 0.6 is 11.6 Å². The first-order valence-corrected chi connectivity index (χ1v) is 7.59. The van der Waals surface area contributed by atoms with Crippen molar-refractivity contribution in [2.24, 2.45) is 4.99 Å². The van der Waals surface area contributed by atoms with E-state index >= 15 is 0 Å². The molecule has 2 nitrogen and oxygen atoms in total. The van der Waals surface area contributed by atoms with Crippen molar-refractivity contribution in [3.05, 3.63) is 101 Å². The third-order valence-electron chi connectivity index (χ3n) is 3.38. The second kappa shape index (κ2) is 7.03. The van der Waals surface area contributed by atoms with Crippen LogP contribution in [-0.2, 0) is 0 Å². The number of hydrogen-bond acceptors (Lipinski definition) is 2. The van der Waals surface area contributed by atoms with Gasteiger partial charge in [-0.1, -0.05) is 54.1 Å². The molecule has 3 aromatic rings. The number of rotatable bonds is 4. The lowest BCUT2D eigenvalue weighted by molar-refractivity contribution is 0.103. The molecule has 0 aromatic heterocycles. The Bertz CT molecular complexity index is 839. The van der Waals surface area contributed by atoms with Crippen LogP contribution in [0.25, 0.3) is 0 Å². The number of hydrogen-bond donors (Lipinski definition) is 0. The molecular formula is C20H14ClNO. The van der Waals surface area contributed by atoms with Gasteiger partial charge in [0, 0.05) is 22.4 Å². The minimum atomic E-state index is 0.0102. The summed E-state index contributed by atoms with van der Waals surface area (Å²) in [5, 5.41) is 0.678. The van der Waals surface area contributed by atoms with Gasteiger partial charge in [0.15, 0.2) is 5.78 Å². The molecule has 3 heteroatoms. The summed E-state index contributed by atoms with van der Waals surface area (Å²) in [6.07, 6.45) is 1.75. The normalized spacial score (nSPS) is 10.8. The Hall–Kier alpha value is -2.71. The van der Waals surface area contributed by atoms with Gasteiger partial charge in [-0.15, -0.1) is 0 Å². The van der Waals surface area contributed by atoms with Crippen molar-refractivity contribution in [2.75, 3.05) is 0 Å². The summed E-state index contributed by atoms with van der Waals surface area (Å²) >= 11 is 5.94. The molecule has 0 aliphatic heterocycles. The molecule has 0 saturated heterocycles. The Balaban J connectivity index is 1.76. The molecule has 0 heterocycles. The van der Waals surface area contributed by atoms with Gasteiger partial charge >= 0.3 is 0 Å². The fourth-order valence-electron chi connectivity index (χ4n) is 2.19. The van der Waals surface area contributed by atoms with Crippen molar-refractivity contribution in [2.45, 2.75) is 0 Å². The predicted octanol–water partition coefficient (Wildman–Crippen LogP) is 5.32. The molecule has 112 valence electrons. The number of halogens is 1. The van der Waals surface area contributed by atoms with Gasteiger partial charge in [-0.3, -0.25) is 9.79 Å². The summed E-state index contributed by atoms with van der Waals surface area (Å²) in [5.74, 6) is 0.0102. The standard InChI is InChI=1S/C20H14ClNO/c21-18-8-4-5-15(13-18)14-22-19-11-9-17(10-12-19)20(23)16-6-2-1-3-7-16/h1-14H. The molecule has 0 aliphatic rings. The van der Waals surface area contributed by atoms with E-state index in [-0.39, 0.29) is 5.78 Å². The van der Waals surface area contributed by atoms with Crippen molar-refractivity contribution in [1.29, 1.82) is 0 Å². The summed E-state index contributed by atoms with van der Waals surface area (Å²) in [7, 11) is 0. The number of nitrogens with zero attached hydrogens (tertiary/aromatic N) is 1. The maximum atomic E-state index is 12.3. The van der Waals surface area contributed by atoms with E-state index in [0.29, 0.717) is 16.1 Å². The van der Waals surface area contributed by atoms with Gasteiger partial charge < -0.3 is 0 Å². The van der Waals surface area contributed by atoms with E-state index in [1.807, 2.05) is 66.7 Å². The molecule has 0 aliphatic carbocycles. The van der Waals surface area contributed by atoms with Crippen LogP contribution in [0, 0.1) is 0 Å². The number of benzene rings is 3. The maximum Gasteiger partial charge on any atom is 0.193 e. The van der Waals surface area contributed by atoms with Crippen molar-refractivity contribution >= 4 is 29.3 Å². The lowest BCUT2D eigenvalue weighted by Gasteiger charge is -2.01. The Labute approximate surface area is 140 Å². The first-order chi connectivity index (χ1) is 11.2. The van der Waals surface area contributed by atoms with Gasteiger partial charge in [0.2, 0.25) is 0 Å². The fourth-order valence-corrected chi connectivity index (χ4v) is 2.39. The Kier molecular flexibility index (Phi) is 4.65. The molecule has 0 atom stereocenters. The van der Waals surface area contributed by atoms with Gasteiger partial charge in [0.05, 0.1) is 5.69 Å². The molecule has 0 N–H and O–H groups in total. The summed E-state index contributed by atoms with van der Waals surface area (Å²) < 4.78 is 0. The molecule has 23 heavy (non-hydrogen) atoms. The molecule has 3 aromatic carbocycles. The van der Waals surface area contributed by atoms with Crippen LogP contribution in [0.3, 0.4) is 0 Å². The fraction of sp³-hybridized carbons (Fsp3) is 0. The maximum absolute atomic E-state index is 12.3. The SMILES string of the molecule is O=C(c1ccccc1)c1ccc(N=Cc2cccc(Cl)c2)cc1. The average molecular weight is 320 g/mol. The first-order valence-electron chi connectivity index (χ1n) is 7.22. The van der Waals surface area contributed by atoms with Crippen molar-refractivity contribution < 1.29 is 4.79 Å². The zero-order chi connectivity index (χ0) is 16.1. The Morgan fingerprint density at radius 3 is 2.22 bits per heavy atom. The highest BCUT2D eigenvalue weighted by molar-refractivity contribution is 6.30. The summed E-state index contributed by atoms with van der Waals surface area (Å²) in [6.45, 7) is 0. The van der Waals surface area contributed by atoms with Crippen LogP contribution in [0.4, 0.5) is 5.69 Å². The zero-order valence-corrected chi connectivity index (χ0v) is 13.1. The minimum Gasteiger partial charge on any atom is -0.289 e. The molecule has 0 saturated carbocycles. The molecule has 0 fully saturated rings. The van der Waals surface area contributed by atoms with E-state index in [4.69, 9.17) is 11.6 Å². The zero-order valence-electron chi connectivity index (χ0n) is 12.3. The third kappa shape index (κ3) is 3.93. The smallest absolute Gasteiger partial charge is 0.193 e. The molecule has 0 radical (unpaired) electrons. The average Bonchev–Trinajstić information content (AvgIpc) is 2.61. The highest BCUT2D eigenvalue weighted by Crippen LogP contribution is 2.17. The number of aliphatic imine (C=N–C) groups is 1. The monoisotopic (exact) mass is 319 g/mol. The number of carbonyl (C=O) groups is 1. The van der Waals surface area contributed by atoms with E-state index in [0.717, 1.165) is 11.3 Å². The largest absolute Gasteiger partial charge is 0.289 e. The Morgan fingerprint density at radius 1 is 0.826 bits per heavy atom. The second-order valence-corrected chi connectivity index (χ2v) is 5.49. The quantitative estimate of drug-likeness (QED) is 0.472. The Morgan fingerprint density at radius 2 is 1.52 bits per heavy atom. The molecule has 0 amide bonds. The van der Waals surface area contributed by atoms with Gasteiger partial charge in [-0.05, 0) is 42.0 Å². The van der Waals surface area contributed by atoms with E-state index in [1.54, 1.807) is 18.3 Å². The van der Waals surface area contributed by atoms with E-state index in [9.17, 15) is 4.79 Å². The minimum absolute atomic E-state index is 0.0102. The van der Waals surface area contributed by atoms with Crippen LogP contribution in [0.2, 0.25) is 5.02 Å². The van der Waals surface area contributed by atoms with Crippen LogP contribution < -0.4 is 0 Å². The third-order valence-corrected chi connectivity index (χ3v) is 3.61. The van der Waals surface area contributed by atoms with Crippen LogP contribution in [0.15, 0.2) is 83.9 Å². The lowest BCUT2D eigenvalue weighted by Crippen LogP contribution is -2.00. The van der Waals surface area contributed by atoms with Gasteiger partial charge in [0.1, 0.15) is 0 Å². The second-order valence-electron chi connectivity index (χ2n) is 5.06. The molecule has 0 bridgehead atoms. The highest BCUT2D eigenvalue weighted by Gasteiger charge is 2.07. The van der Waals surface area contributed by atoms with Crippen LogP contribution in [0.5, 0.6) is 0 Å². The van der Waals surface area contributed by atoms with Gasteiger partial charge in [-0.25, -0.2) is 0 Å². The molecule has 3 rings (SSSR count). The van der Waals surface area contributed by atoms with E-state index in [1.165, 1.54) is 0 Å². The van der Waals surface area contributed by atoms with E-state index in [2.05, 4.69) is 4.99 Å². The van der Waals surface area contributed by atoms with Crippen LogP contribution in [0.1, 0.15) is 21.5 Å². The number of ketones is 1. The predicted molar refractivity (Wildman–Crippen MR) is 95.0 cm³/mol. The molecular weight excluding hydrogens is 306 g/mol. The summed E-state index contributed by atoms with van der Waals surface area (Å²) in [4.78, 5) is 16.7. The van der Waals surface area contributed by atoms with Crippen molar-refractivity contribution in [3.8, 4) is 0 Å². The van der Waals surface area contributed by atoms with Crippen LogP contribution in [-0.4, -0.2) is 12.0 Å². The van der Waals surface area contributed by atoms with E-state index < -0.39 is 0 Å². The van der Waals surface area contributed by atoms with Gasteiger partial charge in [0.25, 0.3) is 0 Å². The molecule has 0 unspecified atom stereocenters.